The molecule has 1 rings (SSSR count). The van der Waals surface area contributed by atoms with E-state index >= 15 is 0 Å². The van der Waals surface area contributed by atoms with Crippen molar-refractivity contribution in [3.8, 4) is 17.6 Å². The molecule has 3 N–H and O–H groups in total. The highest BCUT2D eigenvalue weighted by Crippen LogP contribution is 2.29. The molecule has 0 aliphatic carbocycles. The normalized spacial score (nSPS) is 11.8. The van der Waals surface area contributed by atoms with Gasteiger partial charge in [0, 0.05) is 25.2 Å². The second-order valence-corrected chi connectivity index (χ2v) is 5.43. The second kappa shape index (κ2) is 10.6. The van der Waals surface area contributed by atoms with Gasteiger partial charge in [-0.1, -0.05) is 6.07 Å². The summed E-state index contributed by atoms with van der Waals surface area (Å²) < 4.78 is 10.4. The summed E-state index contributed by atoms with van der Waals surface area (Å²) in [6.07, 6.45) is 1.60. The van der Waals surface area contributed by atoms with Crippen molar-refractivity contribution in [2.24, 2.45) is 0 Å². The molecule has 1 aromatic rings. The summed E-state index contributed by atoms with van der Waals surface area (Å²) in [5.74, 6) is -0.289. The van der Waals surface area contributed by atoms with Crippen molar-refractivity contribution in [3.05, 3.63) is 35.5 Å². The minimum atomic E-state index is -0.930. The van der Waals surface area contributed by atoms with Gasteiger partial charge in [0.05, 0.1) is 14.2 Å². The predicted octanol–water partition coefficient (Wildman–Crippen LogP) is 1.74. The number of carboxylic acids is 1. The summed E-state index contributed by atoms with van der Waals surface area (Å²) in [6.45, 7) is 2.06. The molecule has 1 atom stereocenters. The lowest BCUT2D eigenvalue weighted by Crippen LogP contribution is -2.27. The topological polar surface area (TPSA) is 121 Å². The summed E-state index contributed by atoms with van der Waals surface area (Å²) >= 11 is 0. The summed E-state index contributed by atoms with van der Waals surface area (Å²) in [7, 11) is 3.10. The number of aliphatic carboxylic acids is 1. The number of amides is 1. The molecule has 140 valence electrons. The molecule has 1 unspecified atom stereocenters. The highest BCUT2D eigenvalue weighted by molar-refractivity contribution is 5.97. The Balaban J connectivity index is 2.69. The third kappa shape index (κ3) is 6.36. The molecule has 0 heterocycles. The van der Waals surface area contributed by atoms with Gasteiger partial charge in [-0.3, -0.25) is 9.59 Å². The maximum Gasteiger partial charge on any atom is 0.303 e. The molecule has 1 aromatic carbocycles. The average Bonchev–Trinajstić information content (AvgIpc) is 2.64. The number of rotatable bonds is 10. The first-order chi connectivity index (χ1) is 12.4. The van der Waals surface area contributed by atoms with Gasteiger partial charge in [0.15, 0.2) is 11.5 Å². The van der Waals surface area contributed by atoms with Gasteiger partial charge in [-0.05, 0) is 31.0 Å². The lowest BCUT2D eigenvalue weighted by Gasteiger charge is -2.15. The first-order valence-electron chi connectivity index (χ1n) is 8.01. The Morgan fingerprint density at radius 1 is 1.31 bits per heavy atom. The zero-order chi connectivity index (χ0) is 19.5. The highest BCUT2D eigenvalue weighted by atomic mass is 16.5. The largest absolute Gasteiger partial charge is 0.493 e. The first-order valence-corrected chi connectivity index (χ1v) is 8.01. The fraction of sp³-hybridized carbons (Fsp3) is 0.389. The standard InChI is InChI=1S/C18H23N3O5/c1-12(13-6-7-15(25-2)16(9-13)26-3)21-11-14(10-19)18(24)20-8-4-5-17(22)23/h6-7,9,11-12,21H,4-5,8H2,1-3H3,(H,20,24)(H,22,23)/b14-11-. The van der Waals surface area contributed by atoms with Crippen molar-refractivity contribution in [3.63, 3.8) is 0 Å². The minimum Gasteiger partial charge on any atom is -0.493 e. The van der Waals surface area contributed by atoms with Crippen LogP contribution in [0.4, 0.5) is 0 Å². The molecule has 0 aliphatic heterocycles. The van der Waals surface area contributed by atoms with Gasteiger partial charge in [0.25, 0.3) is 5.91 Å². The van der Waals surface area contributed by atoms with Crippen LogP contribution in [0.1, 0.15) is 31.4 Å². The fourth-order valence-electron chi connectivity index (χ4n) is 2.11. The smallest absolute Gasteiger partial charge is 0.303 e. The van der Waals surface area contributed by atoms with Crippen LogP contribution in [0.5, 0.6) is 11.5 Å². The Morgan fingerprint density at radius 3 is 2.58 bits per heavy atom. The molecule has 8 heteroatoms. The number of methoxy groups -OCH3 is 2. The number of carbonyl (C=O) groups is 2. The molecule has 0 spiro atoms. The lowest BCUT2D eigenvalue weighted by atomic mass is 10.1. The molecular weight excluding hydrogens is 338 g/mol. The van der Waals surface area contributed by atoms with Gasteiger partial charge in [-0.15, -0.1) is 0 Å². The number of ether oxygens (including phenoxy) is 2. The van der Waals surface area contributed by atoms with Gasteiger partial charge >= 0.3 is 5.97 Å². The van der Waals surface area contributed by atoms with E-state index in [1.165, 1.54) is 6.20 Å². The minimum absolute atomic E-state index is 0.0412. The van der Waals surface area contributed by atoms with Crippen LogP contribution < -0.4 is 20.1 Å². The third-order valence-corrected chi connectivity index (χ3v) is 3.60. The predicted molar refractivity (Wildman–Crippen MR) is 94.7 cm³/mol. The lowest BCUT2D eigenvalue weighted by molar-refractivity contribution is -0.137. The van der Waals surface area contributed by atoms with E-state index in [-0.39, 0.29) is 24.6 Å². The SMILES string of the molecule is COc1ccc(C(C)N/C=C(/C#N)C(=O)NCCCC(=O)O)cc1OC. The van der Waals surface area contributed by atoms with E-state index in [1.54, 1.807) is 20.3 Å². The molecule has 8 nitrogen and oxygen atoms in total. The number of hydrogen-bond donors (Lipinski definition) is 3. The van der Waals surface area contributed by atoms with E-state index in [2.05, 4.69) is 10.6 Å². The Kier molecular flexibility index (Phi) is 8.50. The number of nitrogens with zero attached hydrogens (tertiary/aromatic N) is 1. The van der Waals surface area contributed by atoms with E-state index in [0.29, 0.717) is 17.9 Å². The first kappa shape index (κ1) is 20.8. The molecule has 0 saturated heterocycles. The van der Waals surface area contributed by atoms with E-state index in [1.807, 2.05) is 25.1 Å². The molecule has 0 radical (unpaired) electrons. The summed E-state index contributed by atoms with van der Waals surface area (Å²) in [4.78, 5) is 22.4. The maximum atomic E-state index is 11.9. The van der Waals surface area contributed by atoms with Crippen LogP contribution in [-0.2, 0) is 9.59 Å². The molecular formula is C18H23N3O5. The number of benzene rings is 1. The average molecular weight is 361 g/mol. The quantitative estimate of drug-likeness (QED) is 0.330. The molecule has 26 heavy (non-hydrogen) atoms. The van der Waals surface area contributed by atoms with Crippen LogP contribution in [0.2, 0.25) is 0 Å². The Hall–Kier alpha value is -3.21. The Morgan fingerprint density at radius 2 is 2.00 bits per heavy atom. The Labute approximate surface area is 152 Å². The van der Waals surface area contributed by atoms with Crippen LogP contribution in [0.15, 0.2) is 30.0 Å². The van der Waals surface area contributed by atoms with Crippen molar-refractivity contribution >= 4 is 11.9 Å². The van der Waals surface area contributed by atoms with Gasteiger partial charge in [-0.25, -0.2) is 0 Å². The van der Waals surface area contributed by atoms with E-state index in [4.69, 9.17) is 19.8 Å². The van der Waals surface area contributed by atoms with Gasteiger partial charge in [-0.2, -0.15) is 5.26 Å². The molecule has 0 saturated carbocycles. The van der Waals surface area contributed by atoms with Crippen molar-refractivity contribution in [1.29, 1.82) is 5.26 Å². The fourth-order valence-corrected chi connectivity index (χ4v) is 2.11. The van der Waals surface area contributed by atoms with Crippen molar-refractivity contribution < 1.29 is 24.2 Å². The number of hydrogen-bond acceptors (Lipinski definition) is 6. The summed E-state index contributed by atoms with van der Waals surface area (Å²) in [5.41, 5.74) is 0.797. The maximum absolute atomic E-state index is 11.9. The number of nitriles is 1. The van der Waals surface area contributed by atoms with Gasteiger partial charge < -0.3 is 25.2 Å². The summed E-state index contributed by atoms with van der Waals surface area (Å²) in [5, 5.41) is 23.2. The highest BCUT2D eigenvalue weighted by Gasteiger charge is 2.12. The Bertz CT molecular complexity index is 709. The van der Waals surface area contributed by atoms with Crippen LogP contribution >= 0.6 is 0 Å². The molecule has 0 aliphatic rings. The van der Waals surface area contributed by atoms with Crippen LogP contribution in [0, 0.1) is 11.3 Å². The second-order valence-electron chi connectivity index (χ2n) is 5.43. The number of carbonyl (C=O) groups excluding carboxylic acids is 1. The van der Waals surface area contributed by atoms with Crippen LogP contribution in [-0.4, -0.2) is 37.7 Å². The summed E-state index contributed by atoms with van der Waals surface area (Å²) in [6, 6.07) is 7.08. The van der Waals surface area contributed by atoms with E-state index in [0.717, 1.165) is 5.56 Å². The zero-order valence-electron chi connectivity index (χ0n) is 15.0. The molecule has 0 fully saturated rings. The van der Waals surface area contributed by atoms with Crippen LogP contribution in [0.3, 0.4) is 0 Å². The number of nitrogens with one attached hydrogen (secondary N) is 2. The van der Waals surface area contributed by atoms with Crippen molar-refractivity contribution in [1.82, 2.24) is 10.6 Å². The third-order valence-electron chi connectivity index (χ3n) is 3.60. The molecule has 0 bridgehead atoms. The molecule has 0 aromatic heterocycles. The van der Waals surface area contributed by atoms with Gasteiger partial charge in [0.2, 0.25) is 0 Å². The monoisotopic (exact) mass is 361 g/mol. The molecule has 1 amide bonds. The van der Waals surface area contributed by atoms with Crippen LogP contribution in [0.25, 0.3) is 0 Å². The van der Waals surface area contributed by atoms with E-state index < -0.39 is 11.9 Å². The zero-order valence-corrected chi connectivity index (χ0v) is 15.0. The van der Waals surface area contributed by atoms with Crippen molar-refractivity contribution in [2.45, 2.75) is 25.8 Å². The van der Waals surface area contributed by atoms with E-state index in [9.17, 15) is 9.59 Å². The van der Waals surface area contributed by atoms with Crippen molar-refractivity contribution in [2.75, 3.05) is 20.8 Å². The van der Waals surface area contributed by atoms with Gasteiger partial charge in [0.1, 0.15) is 11.6 Å². The number of carboxylic acid groups (broad SMARTS) is 1.